The molecule has 0 saturated heterocycles. The van der Waals surface area contributed by atoms with Crippen molar-refractivity contribution in [3.05, 3.63) is 34.9 Å². The molecule has 0 bridgehead atoms. The average molecular weight is 282 g/mol. The summed E-state index contributed by atoms with van der Waals surface area (Å²) in [7, 11) is 0. The van der Waals surface area contributed by atoms with E-state index in [9.17, 15) is 9.90 Å². The van der Waals surface area contributed by atoms with Gasteiger partial charge in [-0.1, -0.05) is 23.7 Å². The number of aliphatic hydroxyl groups is 1. The lowest BCUT2D eigenvalue weighted by molar-refractivity contribution is -0.120. The van der Waals surface area contributed by atoms with E-state index in [1.165, 1.54) is 0 Å². The lowest BCUT2D eigenvalue weighted by Crippen LogP contribution is -2.33. The van der Waals surface area contributed by atoms with Crippen LogP contribution in [0.15, 0.2) is 24.3 Å². The van der Waals surface area contributed by atoms with Crippen LogP contribution in [0.3, 0.4) is 0 Å². The van der Waals surface area contributed by atoms with E-state index in [4.69, 9.17) is 11.6 Å². The van der Waals surface area contributed by atoms with Gasteiger partial charge in [-0.15, -0.1) is 0 Å². The van der Waals surface area contributed by atoms with Gasteiger partial charge in [0.2, 0.25) is 5.91 Å². The number of rotatable bonds is 4. The molecule has 0 aliphatic heterocycles. The standard InChI is InChI=1S/C15H20ClNO2/c16-13-3-1-2-12(8-13)9-15(19)17-10-11-4-6-14(18)7-5-11/h1-3,8,11,14,18H,4-7,9-10H2,(H,17,19). The molecule has 0 heterocycles. The Kier molecular flexibility index (Phi) is 5.23. The molecule has 19 heavy (non-hydrogen) atoms. The molecule has 1 aliphatic carbocycles. The van der Waals surface area contributed by atoms with Crippen LogP contribution >= 0.6 is 11.6 Å². The van der Waals surface area contributed by atoms with E-state index < -0.39 is 0 Å². The molecule has 0 unspecified atom stereocenters. The van der Waals surface area contributed by atoms with Crippen LogP contribution in [0.25, 0.3) is 0 Å². The Morgan fingerprint density at radius 2 is 2.05 bits per heavy atom. The first-order valence-electron chi connectivity index (χ1n) is 6.82. The Morgan fingerprint density at radius 3 is 2.74 bits per heavy atom. The third-order valence-electron chi connectivity index (χ3n) is 3.66. The van der Waals surface area contributed by atoms with Crippen molar-refractivity contribution in [3.8, 4) is 0 Å². The minimum atomic E-state index is -0.140. The molecule has 4 heteroatoms. The summed E-state index contributed by atoms with van der Waals surface area (Å²) in [5.41, 5.74) is 0.934. The third-order valence-corrected chi connectivity index (χ3v) is 3.89. The van der Waals surface area contributed by atoms with E-state index in [2.05, 4.69) is 5.32 Å². The lowest BCUT2D eigenvalue weighted by Gasteiger charge is -2.25. The minimum Gasteiger partial charge on any atom is -0.393 e. The van der Waals surface area contributed by atoms with E-state index >= 15 is 0 Å². The lowest BCUT2D eigenvalue weighted by atomic mass is 9.87. The number of benzene rings is 1. The van der Waals surface area contributed by atoms with Gasteiger partial charge in [-0.05, 0) is 49.3 Å². The highest BCUT2D eigenvalue weighted by atomic mass is 35.5. The van der Waals surface area contributed by atoms with Crippen molar-refractivity contribution in [2.75, 3.05) is 6.54 Å². The molecular weight excluding hydrogens is 262 g/mol. The first kappa shape index (κ1) is 14.4. The molecule has 0 radical (unpaired) electrons. The Bertz CT molecular complexity index is 428. The Balaban J connectivity index is 1.73. The molecule has 3 nitrogen and oxygen atoms in total. The van der Waals surface area contributed by atoms with Gasteiger partial charge in [0.1, 0.15) is 0 Å². The molecular formula is C15H20ClNO2. The van der Waals surface area contributed by atoms with Gasteiger partial charge in [0, 0.05) is 11.6 Å². The second kappa shape index (κ2) is 6.92. The fourth-order valence-corrected chi connectivity index (χ4v) is 2.71. The molecule has 2 N–H and O–H groups in total. The first-order valence-corrected chi connectivity index (χ1v) is 7.20. The number of hydrogen-bond donors (Lipinski definition) is 2. The zero-order valence-electron chi connectivity index (χ0n) is 10.9. The predicted molar refractivity (Wildman–Crippen MR) is 76.1 cm³/mol. The zero-order valence-corrected chi connectivity index (χ0v) is 11.7. The summed E-state index contributed by atoms with van der Waals surface area (Å²) in [5.74, 6) is 0.542. The summed E-state index contributed by atoms with van der Waals surface area (Å²) >= 11 is 5.89. The largest absolute Gasteiger partial charge is 0.393 e. The quantitative estimate of drug-likeness (QED) is 0.891. The van der Waals surface area contributed by atoms with E-state index in [1.807, 2.05) is 18.2 Å². The number of carbonyl (C=O) groups is 1. The molecule has 1 aromatic rings. The van der Waals surface area contributed by atoms with Gasteiger partial charge in [0.25, 0.3) is 0 Å². The van der Waals surface area contributed by atoms with Crippen LogP contribution in [-0.2, 0) is 11.2 Å². The number of hydrogen-bond acceptors (Lipinski definition) is 2. The monoisotopic (exact) mass is 281 g/mol. The Labute approximate surface area is 119 Å². The summed E-state index contributed by atoms with van der Waals surface area (Å²) < 4.78 is 0. The van der Waals surface area contributed by atoms with E-state index in [1.54, 1.807) is 6.07 Å². The second-order valence-corrected chi connectivity index (χ2v) is 5.72. The van der Waals surface area contributed by atoms with E-state index in [0.29, 0.717) is 23.9 Å². The van der Waals surface area contributed by atoms with Gasteiger partial charge in [-0.2, -0.15) is 0 Å². The Morgan fingerprint density at radius 1 is 1.32 bits per heavy atom. The highest BCUT2D eigenvalue weighted by Crippen LogP contribution is 2.23. The van der Waals surface area contributed by atoms with Gasteiger partial charge in [-0.25, -0.2) is 0 Å². The summed E-state index contributed by atoms with van der Waals surface area (Å²) in [5, 5.41) is 13.1. The first-order chi connectivity index (χ1) is 9.13. The molecule has 104 valence electrons. The second-order valence-electron chi connectivity index (χ2n) is 5.29. The molecule has 1 amide bonds. The van der Waals surface area contributed by atoms with Crippen LogP contribution in [0, 0.1) is 5.92 Å². The molecule has 1 saturated carbocycles. The van der Waals surface area contributed by atoms with Crippen LogP contribution < -0.4 is 5.32 Å². The van der Waals surface area contributed by atoms with Crippen molar-refractivity contribution >= 4 is 17.5 Å². The normalized spacial score (nSPS) is 23.1. The van der Waals surface area contributed by atoms with E-state index in [0.717, 1.165) is 31.2 Å². The van der Waals surface area contributed by atoms with Gasteiger partial charge < -0.3 is 10.4 Å². The molecule has 1 fully saturated rings. The highest BCUT2D eigenvalue weighted by molar-refractivity contribution is 6.30. The maximum atomic E-state index is 11.8. The van der Waals surface area contributed by atoms with Crippen molar-refractivity contribution in [2.24, 2.45) is 5.92 Å². The van der Waals surface area contributed by atoms with Crippen molar-refractivity contribution in [3.63, 3.8) is 0 Å². The summed E-state index contributed by atoms with van der Waals surface area (Å²) in [4.78, 5) is 11.8. The Hall–Kier alpha value is -1.06. The summed E-state index contributed by atoms with van der Waals surface area (Å²) in [6.07, 6.45) is 3.94. The zero-order chi connectivity index (χ0) is 13.7. The smallest absolute Gasteiger partial charge is 0.224 e. The number of aliphatic hydroxyl groups excluding tert-OH is 1. The predicted octanol–water partition coefficient (Wildman–Crippen LogP) is 2.55. The third kappa shape index (κ3) is 4.84. The maximum absolute atomic E-state index is 11.8. The number of halogens is 1. The molecule has 2 rings (SSSR count). The van der Waals surface area contributed by atoms with Gasteiger partial charge in [0.05, 0.1) is 12.5 Å². The van der Waals surface area contributed by atoms with Gasteiger partial charge in [-0.3, -0.25) is 4.79 Å². The van der Waals surface area contributed by atoms with Crippen molar-refractivity contribution < 1.29 is 9.90 Å². The van der Waals surface area contributed by atoms with Crippen molar-refractivity contribution in [1.29, 1.82) is 0 Å². The van der Waals surface area contributed by atoms with E-state index in [-0.39, 0.29) is 12.0 Å². The fraction of sp³-hybridized carbons (Fsp3) is 0.533. The van der Waals surface area contributed by atoms with Crippen LogP contribution in [0.2, 0.25) is 5.02 Å². The van der Waals surface area contributed by atoms with Crippen molar-refractivity contribution in [1.82, 2.24) is 5.32 Å². The summed E-state index contributed by atoms with van der Waals surface area (Å²) in [6.45, 7) is 0.714. The number of carbonyl (C=O) groups excluding carboxylic acids is 1. The highest BCUT2D eigenvalue weighted by Gasteiger charge is 2.19. The fourth-order valence-electron chi connectivity index (χ4n) is 2.50. The molecule has 0 spiro atoms. The van der Waals surface area contributed by atoms with Crippen molar-refractivity contribution in [2.45, 2.75) is 38.2 Å². The minimum absolute atomic E-state index is 0.0355. The molecule has 1 aliphatic rings. The van der Waals surface area contributed by atoms with Crippen LogP contribution in [0.1, 0.15) is 31.2 Å². The average Bonchev–Trinajstić information content (AvgIpc) is 2.38. The van der Waals surface area contributed by atoms with Crippen LogP contribution in [0.5, 0.6) is 0 Å². The van der Waals surface area contributed by atoms with Gasteiger partial charge in [0.15, 0.2) is 0 Å². The topological polar surface area (TPSA) is 49.3 Å². The maximum Gasteiger partial charge on any atom is 0.224 e. The SMILES string of the molecule is O=C(Cc1cccc(Cl)c1)NCC1CCC(O)CC1. The number of amides is 1. The van der Waals surface area contributed by atoms with Gasteiger partial charge >= 0.3 is 0 Å². The molecule has 1 aromatic carbocycles. The number of nitrogens with one attached hydrogen (secondary N) is 1. The van der Waals surface area contributed by atoms with Crippen LogP contribution in [-0.4, -0.2) is 23.7 Å². The molecule has 0 atom stereocenters. The molecule has 0 aromatic heterocycles. The van der Waals surface area contributed by atoms with Crippen LogP contribution in [0.4, 0.5) is 0 Å². The summed E-state index contributed by atoms with van der Waals surface area (Å²) in [6, 6.07) is 7.38.